The molecule has 1 aliphatic rings. The lowest BCUT2D eigenvalue weighted by Crippen LogP contribution is -2.50. The molecule has 1 unspecified atom stereocenters. The summed E-state index contributed by atoms with van der Waals surface area (Å²) in [6.07, 6.45) is -4.51. The summed E-state index contributed by atoms with van der Waals surface area (Å²) in [5.74, 6) is -0.814. The molecular formula is C13H16F4N2. The van der Waals surface area contributed by atoms with Crippen LogP contribution in [0.15, 0.2) is 18.2 Å². The maximum absolute atomic E-state index is 13.9. The second-order valence-electron chi connectivity index (χ2n) is 4.97. The van der Waals surface area contributed by atoms with Gasteiger partial charge < -0.3 is 9.80 Å². The number of rotatable bonds is 1. The molecule has 106 valence electrons. The summed E-state index contributed by atoms with van der Waals surface area (Å²) in [4.78, 5) is 3.93. The first-order chi connectivity index (χ1) is 8.79. The number of halogens is 4. The third-order valence-corrected chi connectivity index (χ3v) is 3.42. The molecule has 0 aliphatic carbocycles. The molecular weight excluding hydrogens is 260 g/mol. The van der Waals surface area contributed by atoms with Crippen molar-refractivity contribution in [1.29, 1.82) is 0 Å². The van der Waals surface area contributed by atoms with Gasteiger partial charge in [-0.1, -0.05) is 0 Å². The maximum Gasteiger partial charge on any atom is 0.416 e. The molecule has 2 rings (SSSR count). The third-order valence-electron chi connectivity index (χ3n) is 3.42. The number of likely N-dealkylation sites (N-methyl/N-ethyl adjacent to an activating group) is 1. The number of piperazine rings is 1. The number of alkyl halides is 3. The number of anilines is 1. The van der Waals surface area contributed by atoms with E-state index in [0.717, 1.165) is 19.2 Å². The Morgan fingerprint density at radius 2 is 1.89 bits per heavy atom. The number of hydrogen-bond donors (Lipinski definition) is 0. The van der Waals surface area contributed by atoms with E-state index in [-0.39, 0.29) is 11.7 Å². The molecule has 1 heterocycles. The highest BCUT2D eigenvalue weighted by molar-refractivity contribution is 5.51. The summed E-state index contributed by atoms with van der Waals surface area (Å²) in [6, 6.07) is 2.80. The lowest BCUT2D eigenvalue weighted by molar-refractivity contribution is -0.137. The van der Waals surface area contributed by atoms with Gasteiger partial charge in [0.1, 0.15) is 5.82 Å². The molecule has 6 heteroatoms. The van der Waals surface area contributed by atoms with Crippen LogP contribution in [0, 0.1) is 5.82 Å². The predicted molar refractivity (Wildman–Crippen MR) is 65.7 cm³/mol. The lowest BCUT2D eigenvalue weighted by Gasteiger charge is -2.40. The van der Waals surface area contributed by atoms with Gasteiger partial charge in [-0.25, -0.2) is 4.39 Å². The monoisotopic (exact) mass is 276 g/mol. The minimum absolute atomic E-state index is 0.0741. The normalized spacial score (nSPS) is 21.8. The molecule has 0 bridgehead atoms. The van der Waals surface area contributed by atoms with Crippen LogP contribution in [0.2, 0.25) is 0 Å². The standard InChI is InChI=1S/C13H16F4N2/c1-9-8-18(2)5-6-19(9)12-4-3-10(7-11(12)14)13(15,16)17/h3-4,7,9H,5-6,8H2,1-2H3. The second-order valence-corrected chi connectivity index (χ2v) is 4.97. The van der Waals surface area contributed by atoms with E-state index in [2.05, 4.69) is 4.90 Å². The molecule has 1 aliphatic heterocycles. The zero-order valence-corrected chi connectivity index (χ0v) is 10.8. The van der Waals surface area contributed by atoms with Crippen LogP contribution in [0.3, 0.4) is 0 Å². The van der Waals surface area contributed by atoms with E-state index in [1.165, 1.54) is 6.07 Å². The summed E-state index contributed by atoms with van der Waals surface area (Å²) >= 11 is 0. The molecule has 1 fully saturated rings. The van der Waals surface area contributed by atoms with E-state index in [0.29, 0.717) is 12.6 Å². The Hall–Kier alpha value is -1.30. The SMILES string of the molecule is CC1CN(C)CCN1c1ccc(C(F)(F)F)cc1F. The minimum atomic E-state index is -4.51. The zero-order valence-electron chi connectivity index (χ0n) is 10.8. The Labute approximate surface area is 109 Å². The van der Waals surface area contributed by atoms with E-state index < -0.39 is 17.6 Å². The van der Waals surface area contributed by atoms with Crippen LogP contribution in [0.25, 0.3) is 0 Å². The quantitative estimate of drug-likeness (QED) is 0.728. The second kappa shape index (κ2) is 5.00. The zero-order chi connectivity index (χ0) is 14.2. The van der Waals surface area contributed by atoms with Crippen molar-refractivity contribution >= 4 is 5.69 Å². The Balaban J connectivity index is 2.26. The molecule has 0 radical (unpaired) electrons. The van der Waals surface area contributed by atoms with Crippen LogP contribution in [0.4, 0.5) is 23.2 Å². The van der Waals surface area contributed by atoms with Gasteiger partial charge in [-0.2, -0.15) is 13.2 Å². The fraction of sp³-hybridized carbons (Fsp3) is 0.538. The minimum Gasteiger partial charge on any atom is -0.364 e. The summed E-state index contributed by atoms with van der Waals surface area (Å²) in [7, 11) is 1.97. The molecule has 0 saturated carbocycles. The van der Waals surface area contributed by atoms with Gasteiger partial charge in [-0.15, -0.1) is 0 Å². The highest BCUT2D eigenvalue weighted by atomic mass is 19.4. The maximum atomic E-state index is 13.9. The van der Waals surface area contributed by atoms with Crippen molar-refractivity contribution in [2.24, 2.45) is 0 Å². The van der Waals surface area contributed by atoms with Crippen molar-refractivity contribution in [3.8, 4) is 0 Å². The van der Waals surface area contributed by atoms with E-state index >= 15 is 0 Å². The van der Waals surface area contributed by atoms with Crippen LogP contribution < -0.4 is 4.90 Å². The molecule has 2 nitrogen and oxygen atoms in total. The van der Waals surface area contributed by atoms with Gasteiger partial charge in [0.05, 0.1) is 11.3 Å². The molecule has 1 aromatic rings. The summed E-state index contributed by atoms with van der Waals surface area (Å²) < 4.78 is 51.3. The van der Waals surface area contributed by atoms with Crippen molar-refractivity contribution in [3.63, 3.8) is 0 Å². The molecule has 0 N–H and O–H groups in total. The van der Waals surface area contributed by atoms with Crippen molar-refractivity contribution < 1.29 is 17.6 Å². The number of hydrogen-bond acceptors (Lipinski definition) is 2. The van der Waals surface area contributed by atoms with Gasteiger partial charge in [0.25, 0.3) is 0 Å². The molecule has 1 saturated heterocycles. The molecule has 1 atom stereocenters. The highest BCUT2D eigenvalue weighted by Crippen LogP contribution is 2.33. The lowest BCUT2D eigenvalue weighted by atomic mass is 10.1. The van der Waals surface area contributed by atoms with Gasteiger partial charge in [-0.3, -0.25) is 0 Å². The van der Waals surface area contributed by atoms with E-state index in [4.69, 9.17) is 0 Å². The summed E-state index contributed by atoms with van der Waals surface area (Å²) in [6.45, 7) is 4.08. The molecule has 0 amide bonds. The van der Waals surface area contributed by atoms with E-state index in [1.54, 1.807) is 0 Å². The van der Waals surface area contributed by atoms with Gasteiger partial charge in [0.15, 0.2) is 0 Å². The van der Waals surface area contributed by atoms with Crippen molar-refractivity contribution in [2.75, 3.05) is 31.6 Å². The average molecular weight is 276 g/mol. The van der Waals surface area contributed by atoms with Crippen LogP contribution in [0.5, 0.6) is 0 Å². The third kappa shape index (κ3) is 3.00. The topological polar surface area (TPSA) is 6.48 Å². The first-order valence-corrected chi connectivity index (χ1v) is 6.11. The summed E-state index contributed by atoms with van der Waals surface area (Å²) in [5.41, 5.74) is -0.705. The van der Waals surface area contributed by atoms with Crippen molar-refractivity contribution in [1.82, 2.24) is 4.90 Å². The van der Waals surface area contributed by atoms with Crippen LogP contribution in [-0.2, 0) is 6.18 Å². The van der Waals surface area contributed by atoms with Gasteiger partial charge in [0, 0.05) is 25.7 Å². The van der Waals surface area contributed by atoms with E-state index in [9.17, 15) is 17.6 Å². The molecule has 0 spiro atoms. The van der Waals surface area contributed by atoms with Crippen molar-refractivity contribution in [3.05, 3.63) is 29.6 Å². The van der Waals surface area contributed by atoms with Gasteiger partial charge >= 0.3 is 6.18 Å². The summed E-state index contributed by atoms with van der Waals surface area (Å²) in [5, 5.41) is 0. The van der Waals surface area contributed by atoms with Crippen LogP contribution in [-0.4, -0.2) is 37.6 Å². The molecule has 19 heavy (non-hydrogen) atoms. The highest BCUT2D eigenvalue weighted by Gasteiger charge is 2.32. The number of nitrogens with zero attached hydrogens (tertiary/aromatic N) is 2. The first-order valence-electron chi connectivity index (χ1n) is 6.11. The molecule has 1 aromatic carbocycles. The first kappa shape index (κ1) is 14.1. The fourth-order valence-electron chi connectivity index (χ4n) is 2.41. The van der Waals surface area contributed by atoms with Crippen LogP contribution in [0.1, 0.15) is 12.5 Å². The Morgan fingerprint density at radius 3 is 2.42 bits per heavy atom. The molecule has 0 aromatic heterocycles. The Kier molecular flexibility index (Phi) is 3.71. The predicted octanol–water partition coefficient (Wildman–Crippen LogP) is 2.98. The smallest absolute Gasteiger partial charge is 0.364 e. The Morgan fingerprint density at radius 1 is 1.21 bits per heavy atom. The van der Waals surface area contributed by atoms with E-state index in [1.807, 2.05) is 18.9 Å². The fourth-order valence-corrected chi connectivity index (χ4v) is 2.41. The van der Waals surface area contributed by atoms with Crippen molar-refractivity contribution in [2.45, 2.75) is 19.1 Å². The number of benzene rings is 1. The van der Waals surface area contributed by atoms with Gasteiger partial charge in [0.2, 0.25) is 0 Å². The Bertz CT molecular complexity index is 458. The van der Waals surface area contributed by atoms with Gasteiger partial charge in [-0.05, 0) is 32.2 Å². The largest absolute Gasteiger partial charge is 0.416 e. The average Bonchev–Trinajstić information content (AvgIpc) is 2.28. The van der Waals surface area contributed by atoms with Crippen LogP contribution >= 0.6 is 0 Å².